The highest BCUT2D eigenvalue weighted by molar-refractivity contribution is 7.80. The second-order valence-corrected chi connectivity index (χ2v) is 12.3. The average molecular weight is 471 g/mol. The molecule has 9 heteroatoms. The van der Waals surface area contributed by atoms with Crippen molar-refractivity contribution in [3.63, 3.8) is 0 Å². The molecule has 1 aliphatic heterocycles. The van der Waals surface area contributed by atoms with Gasteiger partial charge < -0.3 is 14.9 Å². The molecule has 4 fully saturated rings. The molecule has 3 N–H and O–H groups in total. The number of hydrogen-bond acceptors (Lipinski definition) is 7. The van der Waals surface area contributed by atoms with Gasteiger partial charge in [0.25, 0.3) is 0 Å². The molecule has 180 valence electrons. The van der Waals surface area contributed by atoms with Gasteiger partial charge in [0.05, 0.1) is 17.8 Å². The maximum Gasteiger partial charge on any atom is 0.397 e. The van der Waals surface area contributed by atoms with Gasteiger partial charge in [-0.1, -0.05) is 13.8 Å². The number of hydrogen-bond donors (Lipinski definition) is 3. The van der Waals surface area contributed by atoms with Crippen LogP contribution in [-0.4, -0.2) is 53.6 Å². The largest absolute Gasteiger partial charge is 0.458 e. The lowest BCUT2D eigenvalue weighted by atomic mass is 9.42. The molecule has 32 heavy (non-hydrogen) atoms. The Bertz CT molecular complexity index is 946. The van der Waals surface area contributed by atoms with E-state index in [0.717, 1.165) is 31.3 Å². The average Bonchev–Trinajstić information content (AvgIpc) is 3.24. The van der Waals surface area contributed by atoms with Gasteiger partial charge in [0, 0.05) is 11.5 Å². The number of ether oxygens (including phenoxy) is 1. The minimum atomic E-state index is -4.48. The molecule has 0 aromatic carbocycles. The molecule has 0 radical (unpaired) electrons. The monoisotopic (exact) mass is 470 g/mol. The second kappa shape index (κ2) is 7.25. The molecule has 0 bridgehead atoms. The highest BCUT2D eigenvalue weighted by Crippen LogP contribution is 2.70. The van der Waals surface area contributed by atoms with E-state index < -0.39 is 33.6 Å². The highest BCUT2D eigenvalue weighted by atomic mass is 32.3. The zero-order valence-corrected chi connectivity index (χ0v) is 19.5. The zero-order chi connectivity index (χ0) is 23.1. The van der Waals surface area contributed by atoms with Crippen LogP contribution in [0.15, 0.2) is 11.6 Å². The molecule has 5 aliphatic rings. The van der Waals surface area contributed by atoms with Crippen LogP contribution >= 0.6 is 0 Å². The van der Waals surface area contributed by atoms with Crippen LogP contribution < -0.4 is 0 Å². The van der Waals surface area contributed by atoms with E-state index in [4.69, 9.17) is 13.5 Å². The summed E-state index contributed by atoms with van der Waals surface area (Å²) in [6.45, 7) is 4.45. The molecule has 9 atom stereocenters. The van der Waals surface area contributed by atoms with Crippen molar-refractivity contribution in [2.75, 3.05) is 6.61 Å². The van der Waals surface area contributed by atoms with Crippen LogP contribution in [-0.2, 0) is 24.1 Å². The first-order chi connectivity index (χ1) is 14.9. The number of esters is 1. The number of carbonyl (C=O) groups is 1. The first-order valence-corrected chi connectivity index (χ1v) is 13.2. The third kappa shape index (κ3) is 3.15. The molecule has 0 saturated heterocycles. The van der Waals surface area contributed by atoms with Gasteiger partial charge in [-0.25, -0.2) is 8.98 Å². The lowest BCUT2D eigenvalue weighted by molar-refractivity contribution is -0.244. The van der Waals surface area contributed by atoms with Crippen molar-refractivity contribution in [1.82, 2.24) is 0 Å². The van der Waals surface area contributed by atoms with Crippen molar-refractivity contribution in [3.05, 3.63) is 11.6 Å². The fraction of sp³-hybridized carbons (Fsp3) is 0.870. The van der Waals surface area contributed by atoms with Crippen molar-refractivity contribution < 1.29 is 36.9 Å². The van der Waals surface area contributed by atoms with E-state index in [1.807, 2.05) is 6.92 Å². The van der Waals surface area contributed by atoms with E-state index in [1.165, 1.54) is 6.08 Å². The quantitative estimate of drug-likeness (QED) is 0.423. The van der Waals surface area contributed by atoms with E-state index in [1.54, 1.807) is 0 Å². The molecule has 0 amide bonds. The minimum absolute atomic E-state index is 0.0415. The van der Waals surface area contributed by atoms with Gasteiger partial charge in [-0.3, -0.25) is 4.55 Å². The Morgan fingerprint density at radius 1 is 1.09 bits per heavy atom. The summed E-state index contributed by atoms with van der Waals surface area (Å²) in [5.74, 6) is -0.0568. The van der Waals surface area contributed by atoms with Crippen molar-refractivity contribution in [2.45, 2.75) is 83.0 Å². The maximum atomic E-state index is 12.2. The Balaban J connectivity index is 1.43. The van der Waals surface area contributed by atoms with Gasteiger partial charge in [0.1, 0.15) is 6.61 Å². The summed E-state index contributed by atoms with van der Waals surface area (Å²) in [7, 11) is -4.48. The van der Waals surface area contributed by atoms with Crippen LogP contribution in [0.4, 0.5) is 0 Å². The van der Waals surface area contributed by atoms with Crippen LogP contribution in [0, 0.1) is 34.5 Å². The normalized spacial score (nSPS) is 50.8. The van der Waals surface area contributed by atoms with Crippen LogP contribution in [0.25, 0.3) is 0 Å². The molecule has 0 spiro atoms. The topological polar surface area (TPSA) is 130 Å². The van der Waals surface area contributed by atoms with E-state index in [2.05, 4.69) is 6.92 Å². The molecule has 8 nitrogen and oxygen atoms in total. The van der Waals surface area contributed by atoms with Crippen molar-refractivity contribution in [3.8, 4) is 0 Å². The van der Waals surface area contributed by atoms with E-state index in [-0.39, 0.29) is 41.7 Å². The lowest BCUT2D eigenvalue weighted by Crippen LogP contribution is -2.67. The Kier molecular flexibility index (Phi) is 5.16. The highest BCUT2D eigenvalue weighted by Gasteiger charge is 2.70. The Hall–Kier alpha value is -1.00. The number of cyclic esters (lactones) is 1. The molecule has 4 aliphatic carbocycles. The Labute approximate surface area is 189 Å². The summed E-state index contributed by atoms with van der Waals surface area (Å²) >= 11 is 0. The molecule has 1 heterocycles. The standard InChI is InChI=1S/C23H34O8S/c1-21-7-5-15(31-32(27,28)29)10-14(21)3-4-17-18(21)11-19(24)22(2)16(6-8-23(17,22)26)13-9-20(25)30-12-13/h9,14-19,24,26H,3-8,10-12H2,1-2H3,(H,27,28,29)/t14-,15+,16-,17-,18+,19-,21+,22+,23+/m1/s1. The predicted octanol–water partition coefficient (Wildman–Crippen LogP) is 2.40. The minimum Gasteiger partial charge on any atom is -0.458 e. The molecule has 0 aromatic heterocycles. The van der Waals surface area contributed by atoms with Crippen molar-refractivity contribution >= 4 is 16.4 Å². The fourth-order valence-corrected chi connectivity index (χ4v) is 9.13. The Morgan fingerprint density at radius 2 is 1.84 bits per heavy atom. The number of carbonyl (C=O) groups excluding carboxylic acids is 1. The second-order valence-electron chi connectivity index (χ2n) is 11.3. The smallest absolute Gasteiger partial charge is 0.397 e. The van der Waals surface area contributed by atoms with E-state index in [0.29, 0.717) is 25.7 Å². The molecule has 4 saturated carbocycles. The van der Waals surface area contributed by atoms with E-state index in [9.17, 15) is 23.4 Å². The van der Waals surface area contributed by atoms with Crippen LogP contribution in [0.1, 0.15) is 65.2 Å². The number of aliphatic hydroxyl groups excluding tert-OH is 1. The number of rotatable bonds is 3. The maximum absolute atomic E-state index is 12.2. The van der Waals surface area contributed by atoms with Crippen molar-refractivity contribution in [1.29, 1.82) is 0 Å². The van der Waals surface area contributed by atoms with E-state index >= 15 is 0 Å². The van der Waals surface area contributed by atoms with Gasteiger partial charge >= 0.3 is 16.4 Å². The third-order valence-electron chi connectivity index (χ3n) is 10.3. The van der Waals surface area contributed by atoms with Gasteiger partial charge in [0.15, 0.2) is 0 Å². The van der Waals surface area contributed by atoms with Crippen LogP contribution in [0.3, 0.4) is 0 Å². The summed E-state index contributed by atoms with van der Waals surface area (Å²) in [5.41, 5.74) is -1.01. The lowest BCUT2D eigenvalue weighted by Gasteiger charge is -2.65. The molecule has 5 rings (SSSR count). The summed E-state index contributed by atoms with van der Waals surface area (Å²) in [5, 5.41) is 23.7. The third-order valence-corrected chi connectivity index (χ3v) is 10.8. The van der Waals surface area contributed by atoms with Gasteiger partial charge in [0.2, 0.25) is 0 Å². The molecular formula is C23H34O8S. The number of fused-ring (bicyclic) bond motifs is 5. The molecule has 0 aromatic rings. The zero-order valence-electron chi connectivity index (χ0n) is 18.7. The number of aliphatic hydroxyl groups is 2. The summed E-state index contributed by atoms with van der Waals surface area (Å²) in [6, 6.07) is 0. The fourth-order valence-electron chi connectivity index (χ4n) is 8.61. The Morgan fingerprint density at radius 3 is 2.50 bits per heavy atom. The SMILES string of the molecule is C[C@]12CC[C@H](OS(=O)(=O)O)C[C@H]1CC[C@@H]1[C@@H]2C[C@@H](O)[C@]2(C)[C@@H](C3=CC(=O)OC3)CC[C@]12O. The van der Waals surface area contributed by atoms with Crippen LogP contribution in [0.5, 0.6) is 0 Å². The van der Waals surface area contributed by atoms with Crippen molar-refractivity contribution in [2.24, 2.45) is 34.5 Å². The molecule has 0 unspecified atom stereocenters. The van der Waals surface area contributed by atoms with Crippen LogP contribution in [0.2, 0.25) is 0 Å². The summed E-state index contributed by atoms with van der Waals surface area (Å²) in [6.07, 6.45) is 5.67. The first kappa shape index (κ1) is 22.8. The summed E-state index contributed by atoms with van der Waals surface area (Å²) < 4.78 is 41.5. The van der Waals surface area contributed by atoms with Gasteiger partial charge in [-0.15, -0.1) is 0 Å². The molecular weight excluding hydrogens is 436 g/mol. The summed E-state index contributed by atoms with van der Waals surface area (Å²) in [4.78, 5) is 11.7. The first-order valence-electron chi connectivity index (χ1n) is 11.8. The van der Waals surface area contributed by atoms with Gasteiger partial charge in [-0.05, 0) is 86.0 Å². The predicted molar refractivity (Wildman–Crippen MR) is 114 cm³/mol. The van der Waals surface area contributed by atoms with Gasteiger partial charge in [-0.2, -0.15) is 8.42 Å².